The van der Waals surface area contributed by atoms with E-state index in [-0.39, 0.29) is 12.4 Å². The van der Waals surface area contributed by atoms with Crippen molar-refractivity contribution in [1.82, 2.24) is 0 Å². The molecule has 0 aliphatic carbocycles. The van der Waals surface area contributed by atoms with Gasteiger partial charge in [0.05, 0.1) is 0 Å². The Morgan fingerprint density at radius 1 is 1.10 bits per heavy atom. The van der Waals surface area contributed by atoms with Gasteiger partial charge in [-0.2, -0.15) is 0 Å². The zero-order valence-corrected chi connectivity index (χ0v) is 12.9. The number of nitrogens with two attached hydrogens (primary N) is 1. The van der Waals surface area contributed by atoms with Gasteiger partial charge in [-0.1, -0.05) is 40.2 Å². The van der Waals surface area contributed by atoms with Crippen molar-refractivity contribution in [2.75, 3.05) is 0 Å². The zero-order valence-electron chi connectivity index (χ0n) is 11.3. The molecular formula is C16H16BrNO3. The predicted octanol–water partition coefficient (Wildman–Crippen LogP) is 2.77. The van der Waals surface area contributed by atoms with Crippen molar-refractivity contribution >= 4 is 21.9 Å². The molecule has 0 heterocycles. The van der Waals surface area contributed by atoms with Crippen molar-refractivity contribution < 1.29 is 14.6 Å². The normalized spacial score (nSPS) is 11.9. The van der Waals surface area contributed by atoms with Crippen LogP contribution >= 0.6 is 15.9 Å². The van der Waals surface area contributed by atoms with Crippen molar-refractivity contribution in [1.29, 1.82) is 0 Å². The highest BCUT2D eigenvalue weighted by molar-refractivity contribution is 9.10. The maximum Gasteiger partial charge on any atom is 0.323 e. The Morgan fingerprint density at radius 2 is 1.67 bits per heavy atom. The van der Waals surface area contributed by atoms with E-state index in [2.05, 4.69) is 15.9 Å². The van der Waals surface area contributed by atoms with Crippen molar-refractivity contribution in [3.8, 4) is 5.75 Å². The first-order valence-corrected chi connectivity index (χ1v) is 7.28. The molecule has 0 aromatic heterocycles. The smallest absolute Gasteiger partial charge is 0.323 e. The lowest BCUT2D eigenvalue weighted by atomic mass is 10.1. The summed E-state index contributed by atoms with van der Waals surface area (Å²) in [6, 6.07) is 13.4. The number of aromatic hydroxyl groups is 1. The predicted molar refractivity (Wildman–Crippen MR) is 83.7 cm³/mol. The number of phenolic OH excluding ortho intramolecular Hbond substituents is 1. The highest BCUT2D eigenvalue weighted by Crippen LogP contribution is 2.13. The molecule has 1 atom stereocenters. The molecule has 0 aliphatic rings. The van der Waals surface area contributed by atoms with Gasteiger partial charge in [-0.25, -0.2) is 0 Å². The van der Waals surface area contributed by atoms with Crippen LogP contribution in [0.2, 0.25) is 0 Å². The summed E-state index contributed by atoms with van der Waals surface area (Å²) in [5, 5.41) is 9.20. The van der Waals surface area contributed by atoms with Gasteiger partial charge < -0.3 is 15.6 Å². The number of carbonyl (C=O) groups excluding carboxylic acids is 1. The number of hydrogen-bond acceptors (Lipinski definition) is 4. The third-order valence-corrected chi connectivity index (χ3v) is 3.52. The summed E-state index contributed by atoms with van der Waals surface area (Å²) in [7, 11) is 0. The quantitative estimate of drug-likeness (QED) is 0.814. The molecule has 0 radical (unpaired) electrons. The Bertz CT molecular complexity index is 596. The van der Waals surface area contributed by atoms with Crippen LogP contribution in [0.1, 0.15) is 11.1 Å². The maximum absolute atomic E-state index is 11.8. The third kappa shape index (κ3) is 4.88. The lowest BCUT2D eigenvalue weighted by Gasteiger charge is -2.12. The molecule has 0 fully saturated rings. The number of esters is 1. The van der Waals surface area contributed by atoms with Gasteiger partial charge in [0.2, 0.25) is 0 Å². The monoisotopic (exact) mass is 349 g/mol. The largest absolute Gasteiger partial charge is 0.508 e. The number of hydrogen-bond donors (Lipinski definition) is 2. The van der Waals surface area contributed by atoms with E-state index < -0.39 is 12.0 Å². The summed E-state index contributed by atoms with van der Waals surface area (Å²) in [4.78, 5) is 11.8. The molecule has 1 unspecified atom stereocenters. The second-order valence-corrected chi connectivity index (χ2v) is 5.63. The Labute approximate surface area is 131 Å². The molecule has 2 aromatic rings. The minimum atomic E-state index is -0.718. The van der Waals surface area contributed by atoms with Gasteiger partial charge >= 0.3 is 5.97 Å². The van der Waals surface area contributed by atoms with Crippen molar-refractivity contribution in [2.24, 2.45) is 5.73 Å². The lowest BCUT2D eigenvalue weighted by molar-refractivity contribution is -0.146. The fourth-order valence-electron chi connectivity index (χ4n) is 1.81. The standard InChI is InChI=1S/C16H16BrNO3/c17-13-5-1-12(2-6-13)10-21-16(20)15(18)9-11-3-7-14(19)8-4-11/h1-8,15,19H,9-10,18H2. The number of phenols is 1. The second-order valence-electron chi connectivity index (χ2n) is 4.71. The van der Waals surface area contributed by atoms with Crippen LogP contribution in [-0.2, 0) is 22.6 Å². The van der Waals surface area contributed by atoms with E-state index in [0.29, 0.717) is 6.42 Å². The van der Waals surface area contributed by atoms with Crippen molar-refractivity contribution in [2.45, 2.75) is 19.1 Å². The average Bonchev–Trinajstić information content (AvgIpc) is 2.48. The Morgan fingerprint density at radius 3 is 2.29 bits per heavy atom. The van der Waals surface area contributed by atoms with Crippen molar-refractivity contribution in [3.05, 3.63) is 64.1 Å². The molecule has 5 heteroatoms. The maximum atomic E-state index is 11.8. The fraction of sp³-hybridized carbons (Fsp3) is 0.188. The van der Waals surface area contributed by atoms with Crippen LogP contribution in [-0.4, -0.2) is 17.1 Å². The van der Waals surface area contributed by atoms with E-state index in [1.165, 1.54) is 0 Å². The molecule has 21 heavy (non-hydrogen) atoms. The van der Waals surface area contributed by atoms with Crippen LogP contribution in [0.4, 0.5) is 0 Å². The van der Waals surface area contributed by atoms with E-state index in [9.17, 15) is 9.90 Å². The van der Waals surface area contributed by atoms with Crippen LogP contribution in [0.5, 0.6) is 5.75 Å². The lowest BCUT2D eigenvalue weighted by Crippen LogP contribution is -2.34. The van der Waals surface area contributed by atoms with Gasteiger partial charge in [0.25, 0.3) is 0 Å². The van der Waals surface area contributed by atoms with Gasteiger partial charge in [-0.3, -0.25) is 4.79 Å². The first-order chi connectivity index (χ1) is 10.0. The molecule has 0 spiro atoms. The molecule has 0 bridgehead atoms. The van der Waals surface area contributed by atoms with Gasteiger partial charge in [0.1, 0.15) is 18.4 Å². The first-order valence-electron chi connectivity index (χ1n) is 6.49. The summed E-state index contributed by atoms with van der Waals surface area (Å²) in [6.45, 7) is 0.204. The molecule has 2 aromatic carbocycles. The van der Waals surface area contributed by atoms with Crippen LogP contribution in [0.25, 0.3) is 0 Å². The van der Waals surface area contributed by atoms with Crippen LogP contribution in [0.3, 0.4) is 0 Å². The minimum absolute atomic E-state index is 0.185. The highest BCUT2D eigenvalue weighted by atomic mass is 79.9. The van der Waals surface area contributed by atoms with E-state index in [0.717, 1.165) is 15.6 Å². The summed E-state index contributed by atoms with van der Waals surface area (Å²) in [5.41, 5.74) is 7.61. The minimum Gasteiger partial charge on any atom is -0.508 e. The molecular weight excluding hydrogens is 334 g/mol. The van der Waals surface area contributed by atoms with Gasteiger partial charge in [-0.05, 0) is 41.8 Å². The average molecular weight is 350 g/mol. The zero-order chi connectivity index (χ0) is 15.2. The number of rotatable bonds is 5. The van der Waals surface area contributed by atoms with Crippen LogP contribution in [0.15, 0.2) is 53.0 Å². The van der Waals surface area contributed by atoms with E-state index in [4.69, 9.17) is 10.5 Å². The summed E-state index contributed by atoms with van der Waals surface area (Å²) in [6.07, 6.45) is 0.374. The molecule has 0 aliphatic heterocycles. The molecule has 3 N–H and O–H groups in total. The SMILES string of the molecule is NC(Cc1ccc(O)cc1)C(=O)OCc1ccc(Br)cc1. The van der Waals surface area contributed by atoms with E-state index in [1.54, 1.807) is 24.3 Å². The van der Waals surface area contributed by atoms with Gasteiger partial charge in [-0.15, -0.1) is 0 Å². The Hall–Kier alpha value is -1.85. The Kier molecular flexibility index (Phi) is 5.36. The topological polar surface area (TPSA) is 72.5 Å². The third-order valence-electron chi connectivity index (χ3n) is 2.99. The number of benzene rings is 2. The number of carbonyl (C=O) groups is 1. The Balaban J connectivity index is 1.84. The second kappa shape index (κ2) is 7.24. The van der Waals surface area contributed by atoms with Gasteiger partial charge in [0, 0.05) is 4.47 Å². The molecule has 4 nitrogen and oxygen atoms in total. The number of ether oxygens (including phenoxy) is 1. The van der Waals surface area contributed by atoms with E-state index >= 15 is 0 Å². The molecule has 110 valence electrons. The molecule has 2 rings (SSSR count). The van der Waals surface area contributed by atoms with E-state index in [1.807, 2.05) is 24.3 Å². The van der Waals surface area contributed by atoms with Crippen LogP contribution < -0.4 is 5.73 Å². The summed E-state index contributed by atoms with van der Waals surface area (Å²) < 4.78 is 6.17. The molecule has 0 saturated carbocycles. The summed E-state index contributed by atoms with van der Waals surface area (Å²) >= 11 is 3.35. The summed E-state index contributed by atoms with van der Waals surface area (Å²) in [5.74, 6) is -0.254. The van der Waals surface area contributed by atoms with Crippen molar-refractivity contribution in [3.63, 3.8) is 0 Å². The molecule has 0 amide bonds. The van der Waals surface area contributed by atoms with Crippen LogP contribution in [0, 0.1) is 0 Å². The highest BCUT2D eigenvalue weighted by Gasteiger charge is 2.15. The first kappa shape index (κ1) is 15.5. The number of halogens is 1. The fourth-order valence-corrected chi connectivity index (χ4v) is 2.08. The molecule has 0 saturated heterocycles. The van der Waals surface area contributed by atoms with Gasteiger partial charge in [0.15, 0.2) is 0 Å².